The number of nitrogens with one attached hydrogen (secondary N) is 1. The van der Waals surface area contributed by atoms with Gasteiger partial charge in [0.25, 0.3) is 0 Å². The van der Waals surface area contributed by atoms with Gasteiger partial charge in [0.15, 0.2) is 11.5 Å². The molecule has 0 atom stereocenters. The molecule has 2 rings (SSSR count). The lowest BCUT2D eigenvalue weighted by Gasteiger charge is -2.16. The van der Waals surface area contributed by atoms with Crippen molar-refractivity contribution in [3.8, 4) is 11.5 Å². The van der Waals surface area contributed by atoms with Crippen LogP contribution in [0.15, 0.2) is 40.9 Å². The SMILES string of the molecule is CCCCCCCNCc1cc(Br)c(OCc2cccc(C)c2)c(OCC)c1. The van der Waals surface area contributed by atoms with Gasteiger partial charge in [-0.15, -0.1) is 0 Å². The van der Waals surface area contributed by atoms with Crippen molar-refractivity contribution in [3.05, 3.63) is 57.6 Å². The van der Waals surface area contributed by atoms with Crippen LogP contribution in [0.25, 0.3) is 0 Å². The maximum Gasteiger partial charge on any atom is 0.175 e. The van der Waals surface area contributed by atoms with Gasteiger partial charge in [-0.25, -0.2) is 0 Å². The van der Waals surface area contributed by atoms with Crippen LogP contribution in [0.1, 0.15) is 62.6 Å². The Balaban J connectivity index is 1.94. The van der Waals surface area contributed by atoms with Gasteiger partial charge in [0.05, 0.1) is 11.1 Å². The third kappa shape index (κ3) is 7.84. The molecule has 0 amide bonds. The van der Waals surface area contributed by atoms with Gasteiger partial charge in [-0.1, -0.05) is 62.4 Å². The third-order valence-electron chi connectivity index (χ3n) is 4.62. The molecule has 0 aromatic heterocycles. The molecule has 0 aliphatic carbocycles. The Labute approximate surface area is 179 Å². The number of benzene rings is 2. The summed E-state index contributed by atoms with van der Waals surface area (Å²) in [5.41, 5.74) is 3.59. The van der Waals surface area contributed by atoms with Gasteiger partial charge < -0.3 is 14.8 Å². The molecule has 0 heterocycles. The third-order valence-corrected chi connectivity index (χ3v) is 5.21. The smallest absolute Gasteiger partial charge is 0.175 e. The summed E-state index contributed by atoms with van der Waals surface area (Å²) >= 11 is 3.67. The molecule has 154 valence electrons. The van der Waals surface area contributed by atoms with Crippen molar-refractivity contribution in [2.24, 2.45) is 0 Å². The summed E-state index contributed by atoms with van der Waals surface area (Å²) in [6.07, 6.45) is 6.51. The van der Waals surface area contributed by atoms with Crippen LogP contribution in [0.2, 0.25) is 0 Å². The summed E-state index contributed by atoms with van der Waals surface area (Å²) in [5, 5.41) is 3.54. The lowest BCUT2D eigenvalue weighted by atomic mass is 10.1. The predicted molar refractivity (Wildman–Crippen MR) is 121 cm³/mol. The molecule has 0 unspecified atom stereocenters. The highest BCUT2D eigenvalue weighted by Crippen LogP contribution is 2.37. The van der Waals surface area contributed by atoms with Gasteiger partial charge in [-0.3, -0.25) is 0 Å². The molecule has 0 saturated carbocycles. The van der Waals surface area contributed by atoms with E-state index in [-0.39, 0.29) is 0 Å². The Bertz CT molecular complexity index is 718. The van der Waals surface area contributed by atoms with Gasteiger partial charge >= 0.3 is 0 Å². The van der Waals surface area contributed by atoms with E-state index in [1.165, 1.54) is 43.2 Å². The normalized spacial score (nSPS) is 10.9. The molecule has 0 fully saturated rings. The second kappa shape index (κ2) is 12.8. The molecule has 1 N–H and O–H groups in total. The zero-order valence-electron chi connectivity index (χ0n) is 17.5. The minimum atomic E-state index is 0.524. The fraction of sp³-hybridized carbons (Fsp3) is 0.500. The molecular weight excluding hydrogens is 414 g/mol. The minimum Gasteiger partial charge on any atom is -0.490 e. The zero-order valence-corrected chi connectivity index (χ0v) is 19.1. The van der Waals surface area contributed by atoms with Crippen LogP contribution >= 0.6 is 15.9 Å². The monoisotopic (exact) mass is 447 g/mol. The van der Waals surface area contributed by atoms with E-state index in [9.17, 15) is 0 Å². The Hall–Kier alpha value is -1.52. The zero-order chi connectivity index (χ0) is 20.2. The lowest BCUT2D eigenvalue weighted by molar-refractivity contribution is 0.267. The number of rotatable bonds is 13. The van der Waals surface area contributed by atoms with Crippen LogP contribution in [0.4, 0.5) is 0 Å². The molecule has 4 heteroatoms. The lowest BCUT2D eigenvalue weighted by Crippen LogP contribution is -2.15. The topological polar surface area (TPSA) is 30.5 Å². The number of aryl methyl sites for hydroxylation is 1. The molecule has 28 heavy (non-hydrogen) atoms. The van der Waals surface area contributed by atoms with E-state index < -0.39 is 0 Å². The van der Waals surface area contributed by atoms with E-state index in [1.54, 1.807) is 0 Å². The van der Waals surface area contributed by atoms with E-state index in [0.717, 1.165) is 34.6 Å². The molecule has 0 bridgehead atoms. The summed E-state index contributed by atoms with van der Waals surface area (Å²) < 4.78 is 12.9. The Kier molecular flexibility index (Phi) is 10.4. The van der Waals surface area contributed by atoms with E-state index in [0.29, 0.717) is 13.2 Å². The first-order valence-electron chi connectivity index (χ1n) is 10.5. The summed E-state index contributed by atoms with van der Waals surface area (Å²) in [6.45, 7) is 9.37. The number of hydrogen-bond donors (Lipinski definition) is 1. The van der Waals surface area contributed by atoms with Crippen molar-refractivity contribution in [1.29, 1.82) is 0 Å². The highest BCUT2D eigenvalue weighted by molar-refractivity contribution is 9.10. The van der Waals surface area contributed by atoms with Crippen molar-refractivity contribution in [1.82, 2.24) is 5.32 Å². The standard InChI is InChI=1S/C24H34BrNO2/c1-4-6-7-8-9-13-26-17-21-15-22(25)24(23(16-21)27-5-2)28-18-20-12-10-11-19(3)14-20/h10-12,14-16,26H,4-9,13,17-18H2,1-3H3. The van der Waals surface area contributed by atoms with Crippen LogP contribution in [-0.2, 0) is 13.2 Å². The van der Waals surface area contributed by atoms with Crippen LogP contribution < -0.4 is 14.8 Å². The minimum absolute atomic E-state index is 0.524. The summed E-state index contributed by atoms with van der Waals surface area (Å²) in [5.74, 6) is 1.57. The molecular formula is C24H34BrNO2. The highest BCUT2D eigenvalue weighted by atomic mass is 79.9. The van der Waals surface area contributed by atoms with Crippen molar-refractivity contribution in [3.63, 3.8) is 0 Å². The quantitative estimate of drug-likeness (QED) is 0.342. The molecule has 0 aliphatic heterocycles. The first-order valence-corrected chi connectivity index (χ1v) is 11.3. The van der Waals surface area contributed by atoms with Crippen LogP contribution in [0, 0.1) is 6.92 Å². The second-order valence-corrected chi connectivity index (χ2v) is 8.06. The first-order chi connectivity index (χ1) is 13.6. The van der Waals surface area contributed by atoms with Crippen LogP contribution in [0.5, 0.6) is 11.5 Å². The first kappa shape index (κ1) is 22.8. The maximum atomic E-state index is 6.10. The van der Waals surface area contributed by atoms with Crippen molar-refractivity contribution < 1.29 is 9.47 Å². The average molecular weight is 448 g/mol. The maximum absolute atomic E-state index is 6.10. The van der Waals surface area contributed by atoms with E-state index in [4.69, 9.17) is 9.47 Å². The van der Waals surface area contributed by atoms with Crippen molar-refractivity contribution in [2.45, 2.75) is 66.0 Å². The Morgan fingerprint density at radius 1 is 0.929 bits per heavy atom. The Morgan fingerprint density at radius 3 is 2.50 bits per heavy atom. The highest BCUT2D eigenvalue weighted by Gasteiger charge is 2.12. The molecule has 2 aromatic carbocycles. The summed E-state index contributed by atoms with van der Waals surface area (Å²) in [6, 6.07) is 12.6. The van der Waals surface area contributed by atoms with Crippen LogP contribution in [0.3, 0.4) is 0 Å². The van der Waals surface area contributed by atoms with Crippen molar-refractivity contribution >= 4 is 15.9 Å². The van der Waals surface area contributed by atoms with E-state index >= 15 is 0 Å². The molecule has 0 radical (unpaired) electrons. The number of unbranched alkanes of at least 4 members (excludes halogenated alkanes) is 4. The Morgan fingerprint density at radius 2 is 1.75 bits per heavy atom. The largest absolute Gasteiger partial charge is 0.490 e. The number of halogens is 1. The fourth-order valence-electron chi connectivity index (χ4n) is 3.17. The van der Waals surface area contributed by atoms with Crippen molar-refractivity contribution in [2.75, 3.05) is 13.2 Å². The number of hydrogen-bond acceptors (Lipinski definition) is 3. The molecule has 3 nitrogen and oxygen atoms in total. The van der Waals surface area contributed by atoms with Gasteiger partial charge in [0.2, 0.25) is 0 Å². The van der Waals surface area contributed by atoms with Crippen LogP contribution in [-0.4, -0.2) is 13.2 Å². The van der Waals surface area contributed by atoms with E-state index in [2.05, 4.69) is 71.5 Å². The van der Waals surface area contributed by atoms with Gasteiger partial charge in [-0.05, 0) is 66.0 Å². The van der Waals surface area contributed by atoms with Gasteiger partial charge in [0, 0.05) is 6.54 Å². The summed E-state index contributed by atoms with van der Waals surface area (Å²) in [7, 11) is 0. The average Bonchev–Trinajstić information content (AvgIpc) is 2.67. The predicted octanol–water partition coefficient (Wildman–Crippen LogP) is 6.80. The molecule has 0 saturated heterocycles. The summed E-state index contributed by atoms with van der Waals surface area (Å²) in [4.78, 5) is 0. The van der Waals surface area contributed by atoms with E-state index in [1.807, 2.05) is 6.92 Å². The molecule has 0 spiro atoms. The fourth-order valence-corrected chi connectivity index (χ4v) is 3.77. The van der Waals surface area contributed by atoms with Gasteiger partial charge in [0.1, 0.15) is 6.61 Å². The molecule has 2 aromatic rings. The molecule has 0 aliphatic rings. The second-order valence-electron chi connectivity index (χ2n) is 7.21. The van der Waals surface area contributed by atoms with Gasteiger partial charge in [-0.2, -0.15) is 0 Å². The number of ether oxygens (including phenoxy) is 2.